The molecule has 4 nitrogen and oxygen atoms in total. The molecule has 120 valence electrons. The Balaban J connectivity index is 2.50. The number of aromatic nitrogens is 1. The van der Waals surface area contributed by atoms with Gasteiger partial charge in [-0.2, -0.15) is 8.78 Å². The van der Waals surface area contributed by atoms with Crippen LogP contribution in [0.3, 0.4) is 0 Å². The molecule has 0 aliphatic heterocycles. The summed E-state index contributed by atoms with van der Waals surface area (Å²) < 4.78 is 58.8. The van der Waals surface area contributed by atoms with Gasteiger partial charge in [-0.25, -0.2) is 8.78 Å². The van der Waals surface area contributed by atoms with Gasteiger partial charge in [-0.05, 0) is 12.5 Å². The number of pyridine rings is 1. The van der Waals surface area contributed by atoms with Crippen molar-refractivity contribution >= 4 is 0 Å². The second-order valence-electron chi connectivity index (χ2n) is 4.40. The van der Waals surface area contributed by atoms with Crippen LogP contribution in [0.4, 0.5) is 17.6 Å². The third-order valence-electron chi connectivity index (χ3n) is 2.48. The lowest BCUT2D eigenvalue weighted by atomic mass is 10.2. The molecule has 1 atom stereocenters. The summed E-state index contributed by atoms with van der Waals surface area (Å²) in [4.78, 5) is 3.83. The van der Waals surface area contributed by atoms with Gasteiger partial charge in [0, 0.05) is 11.8 Å². The van der Waals surface area contributed by atoms with E-state index in [0.717, 1.165) is 6.42 Å². The Hall–Kier alpha value is -1.41. The molecule has 1 N–H and O–H groups in total. The maximum atomic E-state index is 12.6. The lowest BCUT2D eigenvalue weighted by molar-refractivity contribution is -0.170. The quantitative estimate of drug-likeness (QED) is 0.713. The zero-order valence-electron chi connectivity index (χ0n) is 11.4. The molecule has 0 aromatic carbocycles. The molecule has 1 aromatic rings. The van der Waals surface area contributed by atoms with Crippen molar-refractivity contribution in [2.45, 2.75) is 31.8 Å². The van der Waals surface area contributed by atoms with Crippen molar-refractivity contribution in [2.75, 3.05) is 19.8 Å². The van der Waals surface area contributed by atoms with E-state index in [1.54, 1.807) is 0 Å². The average molecular weight is 311 g/mol. The fourth-order valence-corrected chi connectivity index (χ4v) is 1.38. The van der Waals surface area contributed by atoms with Gasteiger partial charge in [0.2, 0.25) is 0 Å². The van der Waals surface area contributed by atoms with E-state index in [1.165, 1.54) is 18.5 Å². The van der Waals surface area contributed by atoms with E-state index in [-0.39, 0.29) is 0 Å². The molecule has 0 aliphatic carbocycles. The Morgan fingerprint density at radius 1 is 1.33 bits per heavy atom. The Labute approximate surface area is 119 Å². The second-order valence-corrected chi connectivity index (χ2v) is 4.40. The first-order valence-corrected chi connectivity index (χ1v) is 6.36. The summed E-state index contributed by atoms with van der Waals surface area (Å²) in [5.41, 5.74) is 0.295. The molecule has 0 amide bonds. The smallest absolute Gasteiger partial charge is 0.330 e. The second kappa shape index (κ2) is 8.14. The summed E-state index contributed by atoms with van der Waals surface area (Å²) in [5.74, 6) is -3.81. The summed E-state index contributed by atoms with van der Waals surface area (Å²) in [5, 5.41) is 9.75. The first kappa shape index (κ1) is 17.6. The average Bonchev–Trinajstić information content (AvgIpc) is 2.45. The molecule has 0 saturated carbocycles. The van der Waals surface area contributed by atoms with Crippen LogP contribution >= 0.6 is 0 Å². The molecule has 0 saturated heterocycles. The summed E-state index contributed by atoms with van der Waals surface area (Å²) in [7, 11) is 0. The van der Waals surface area contributed by atoms with Gasteiger partial charge in [-0.15, -0.1) is 0 Å². The van der Waals surface area contributed by atoms with Crippen molar-refractivity contribution in [2.24, 2.45) is 0 Å². The van der Waals surface area contributed by atoms with Gasteiger partial charge in [0.15, 0.2) is 0 Å². The molecule has 0 bridgehead atoms. The van der Waals surface area contributed by atoms with E-state index in [2.05, 4.69) is 9.72 Å². The van der Waals surface area contributed by atoms with Crippen molar-refractivity contribution in [1.82, 2.24) is 4.98 Å². The molecule has 8 heteroatoms. The number of alkyl halides is 4. The van der Waals surface area contributed by atoms with Crippen LogP contribution in [0.15, 0.2) is 18.5 Å². The zero-order valence-corrected chi connectivity index (χ0v) is 11.4. The number of aliphatic hydroxyl groups excluding tert-OH is 1. The van der Waals surface area contributed by atoms with Gasteiger partial charge >= 0.3 is 12.3 Å². The van der Waals surface area contributed by atoms with E-state index in [1.807, 2.05) is 6.92 Å². The number of nitrogens with zero attached hydrogens (tertiary/aromatic N) is 1. The number of aliphatic hydroxyl groups is 1. The van der Waals surface area contributed by atoms with Crippen LogP contribution < -0.4 is 4.74 Å². The lowest BCUT2D eigenvalue weighted by Crippen LogP contribution is -2.33. The largest absolute Gasteiger partial charge is 0.492 e. The topological polar surface area (TPSA) is 51.6 Å². The van der Waals surface area contributed by atoms with Crippen molar-refractivity contribution in [3.05, 3.63) is 24.0 Å². The number of hydrogen-bond acceptors (Lipinski definition) is 4. The Morgan fingerprint density at radius 2 is 2.05 bits per heavy atom. The predicted molar refractivity (Wildman–Crippen MR) is 66.8 cm³/mol. The summed E-state index contributed by atoms with van der Waals surface area (Å²) in [6.45, 7) is 0.393. The predicted octanol–water partition coefficient (Wildman–Crippen LogP) is 2.82. The Bertz CT molecular complexity index is 432. The minimum Gasteiger partial charge on any atom is -0.492 e. The van der Waals surface area contributed by atoms with Gasteiger partial charge in [0.05, 0.1) is 19.4 Å². The number of halogens is 4. The zero-order chi connectivity index (χ0) is 15.9. The maximum absolute atomic E-state index is 12.6. The highest BCUT2D eigenvalue weighted by atomic mass is 19.3. The van der Waals surface area contributed by atoms with Gasteiger partial charge < -0.3 is 14.6 Å². The Morgan fingerprint density at radius 3 is 2.67 bits per heavy atom. The van der Waals surface area contributed by atoms with Crippen LogP contribution in [-0.4, -0.2) is 42.3 Å². The van der Waals surface area contributed by atoms with Gasteiger partial charge in [-0.3, -0.25) is 4.98 Å². The molecule has 0 aliphatic rings. The number of rotatable bonds is 9. The normalized spacial score (nSPS) is 13.5. The molecule has 1 aromatic heterocycles. The fraction of sp³-hybridized carbons (Fsp3) is 0.615. The first-order valence-electron chi connectivity index (χ1n) is 6.36. The molecule has 1 heterocycles. The molecule has 0 spiro atoms. The molecule has 0 radical (unpaired) electrons. The summed E-state index contributed by atoms with van der Waals surface area (Å²) in [6, 6.07) is 1.49. The lowest BCUT2D eigenvalue weighted by Gasteiger charge is -2.17. The fourth-order valence-electron chi connectivity index (χ4n) is 1.38. The highest BCUT2D eigenvalue weighted by molar-refractivity contribution is 5.25. The summed E-state index contributed by atoms with van der Waals surface area (Å²) in [6.07, 6.45) is -1.51. The maximum Gasteiger partial charge on any atom is 0.330 e. The van der Waals surface area contributed by atoms with Crippen molar-refractivity contribution in [3.8, 4) is 5.75 Å². The summed E-state index contributed by atoms with van der Waals surface area (Å²) >= 11 is 0. The van der Waals surface area contributed by atoms with E-state index in [0.29, 0.717) is 17.9 Å². The van der Waals surface area contributed by atoms with Crippen LogP contribution in [0.5, 0.6) is 5.75 Å². The van der Waals surface area contributed by atoms with Gasteiger partial charge in [-0.1, -0.05) is 6.92 Å². The standard InChI is InChI=1S/C13H17F4NO3/c1-2-3-21-10-4-9(5-18-6-10)11(19)7-20-8-13(16,17)12(14)15/h4-6,11-12,19H,2-3,7-8H2,1H3. The van der Waals surface area contributed by atoms with E-state index in [9.17, 15) is 22.7 Å². The highest BCUT2D eigenvalue weighted by Crippen LogP contribution is 2.24. The van der Waals surface area contributed by atoms with Crippen molar-refractivity contribution in [1.29, 1.82) is 0 Å². The SMILES string of the molecule is CCCOc1cncc(C(O)COCC(F)(F)C(F)F)c1. The van der Waals surface area contributed by atoms with Crippen LogP contribution in [-0.2, 0) is 4.74 Å². The highest BCUT2D eigenvalue weighted by Gasteiger charge is 2.41. The molecule has 1 rings (SSSR count). The van der Waals surface area contributed by atoms with Gasteiger partial charge in [0.25, 0.3) is 0 Å². The third-order valence-corrected chi connectivity index (χ3v) is 2.48. The third kappa shape index (κ3) is 5.84. The van der Waals surface area contributed by atoms with E-state index in [4.69, 9.17) is 4.74 Å². The first-order chi connectivity index (χ1) is 9.86. The minimum atomic E-state index is -4.23. The van der Waals surface area contributed by atoms with Crippen LogP contribution in [0.1, 0.15) is 25.0 Å². The van der Waals surface area contributed by atoms with Crippen LogP contribution in [0, 0.1) is 0 Å². The van der Waals surface area contributed by atoms with Gasteiger partial charge in [0.1, 0.15) is 18.5 Å². The molecule has 21 heavy (non-hydrogen) atoms. The Kier molecular flexibility index (Phi) is 6.83. The molecule has 0 fully saturated rings. The monoisotopic (exact) mass is 311 g/mol. The van der Waals surface area contributed by atoms with Crippen molar-refractivity contribution in [3.63, 3.8) is 0 Å². The minimum absolute atomic E-state index is 0.295. The van der Waals surface area contributed by atoms with Crippen molar-refractivity contribution < 1.29 is 32.1 Å². The molecule has 1 unspecified atom stereocenters. The van der Waals surface area contributed by atoms with E-state index >= 15 is 0 Å². The number of hydrogen-bond donors (Lipinski definition) is 1. The van der Waals surface area contributed by atoms with Crippen LogP contribution in [0.25, 0.3) is 0 Å². The molecular formula is C13H17F4NO3. The molecular weight excluding hydrogens is 294 g/mol. The van der Waals surface area contributed by atoms with Crippen LogP contribution in [0.2, 0.25) is 0 Å². The van der Waals surface area contributed by atoms with E-state index < -0.39 is 31.7 Å². The number of ether oxygens (including phenoxy) is 2.